The van der Waals surface area contributed by atoms with Crippen LogP contribution in [0.2, 0.25) is 0 Å². The molecule has 1 amide bonds. The quantitative estimate of drug-likeness (QED) is 0.755. The first-order valence-electron chi connectivity index (χ1n) is 7.16. The molecule has 1 aliphatic rings. The van der Waals surface area contributed by atoms with Gasteiger partial charge >= 0.3 is 0 Å². The van der Waals surface area contributed by atoms with Crippen molar-refractivity contribution in [1.29, 1.82) is 0 Å². The van der Waals surface area contributed by atoms with Crippen molar-refractivity contribution in [3.05, 3.63) is 59.3 Å². The van der Waals surface area contributed by atoms with Gasteiger partial charge in [-0.25, -0.2) is 0 Å². The molecule has 0 atom stereocenters. The number of anilines is 1. The van der Waals surface area contributed by atoms with E-state index < -0.39 is 0 Å². The zero-order valence-electron chi connectivity index (χ0n) is 11.5. The second kappa shape index (κ2) is 4.74. The molecule has 1 aromatic heterocycles. The molecule has 21 heavy (non-hydrogen) atoms. The number of nitrogens with one attached hydrogen (secondary N) is 2. The third-order valence-corrected chi connectivity index (χ3v) is 4.06. The largest absolute Gasteiger partial charge is 0.322 e. The van der Waals surface area contributed by atoms with Crippen molar-refractivity contribution in [1.82, 2.24) is 10.2 Å². The van der Waals surface area contributed by atoms with Crippen molar-refractivity contribution in [2.75, 3.05) is 5.32 Å². The number of aryl methyl sites for hydroxylation is 2. The number of H-pyrrole nitrogens is 1. The highest BCUT2D eigenvalue weighted by Crippen LogP contribution is 2.23. The van der Waals surface area contributed by atoms with E-state index >= 15 is 0 Å². The Hall–Kier alpha value is -2.62. The fourth-order valence-corrected chi connectivity index (χ4v) is 2.93. The van der Waals surface area contributed by atoms with Gasteiger partial charge in [-0.05, 0) is 60.7 Å². The van der Waals surface area contributed by atoms with Crippen molar-refractivity contribution in [3.8, 4) is 0 Å². The molecule has 0 saturated carbocycles. The van der Waals surface area contributed by atoms with E-state index in [1.54, 1.807) is 6.20 Å². The maximum atomic E-state index is 12.4. The Bertz CT molecular complexity index is 835. The van der Waals surface area contributed by atoms with Gasteiger partial charge in [-0.2, -0.15) is 5.10 Å². The lowest BCUT2D eigenvalue weighted by atomic mass is 10.1. The highest BCUT2D eigenvalue weighted by atomic mass is 16.1. The van der Waals surface area contributed by atoms with Crippen molar-refractivity contribution in [2.24, 2.45) is 0 Å². The van der Waals surface area contributed by atoms with E-state index in [0.29, 0.717) is 0 Å². The monoisotopic (exact) mass is 277 g/mol. The van der Waals surface area contributed by atoms with E-state index in [1.807, 2.05) is 30.3 Å². The Balaban J connectivity index is 1.59. The summed E-state index contributed by atoms with van der Waals surface area (Å²) in [6, 6.07) is 11.7. The van der Waals surface area contributed by atoms with Gasteiger partial charge in [0.2, 0.25) is 0 Å². The summed E-state index contributed by atoms with van der Waals surface area (Å²) < 4.78 is 0. The molecule has 4 rings (SSSR count). The van der Waals surface area contributed by atoms with Gasteiger partial charge in [0.1, 0.15) is 0 Å². The van der Waals surface area contributed by atoms with Crippen molar-refractivity contribution >= 4 is 22.5 Å². The SMILES string of the molecule is O=C(Nc1ccc2cn[nH]c2c1)c1ccc2c(c1)CCC2. The van der Waals surface area contributed by atoms with E-state index in [2.05, 4.69) is 21.6 Å². The molecule has 4 heteroatoms. The Kier molecular flexibility index (Phi) is 2.74. The van der Waals surface area contributed by atoms with Crippen molar-refractivity contribution in [2.45, 2.75) is 19.3 Å². The van der Waals surface area contributed by atoms with Crippen LogP contribution in [0, 0.1) is 0 Å². The third-order valence-electron chi connectivity index (χ3n) is 4.06. The summed E-state index contributed by atoms with van der Waals surface area (Å²) in [5.41, 5.74) is 5.11. The third kappa shape index (κ3) is 2.18. The van der Waals surface area contributed by atoms with Gasteiger partial charge in [-0.3, -0.25) is 9.89 Å². The van der Waals surface area contributed by atoms with E-state index in [9.17, 15) is 4.79 Å². The van der Waals surface area contributed by atoms with E-state index in [4.69, 9.17) is 0 Å². The number of aromatic nitrogens is 2. The van der Waals surface area contributed by atoms with Crippen LogP contribution in [-0.2, 0) is 12.8 Å². The van der Waals surface area contributed by atoms with E-state index in [-0.39, 0.29) is 5.91 Å². The Morgan fingerprint density at radius 3 is 2.95 bits per heavy atom. The predicted molar refractivity (Wildman–Crippen MR) is 82.5 cm³/mol. The van der Waals surface area contributed by atoms with Crippen LogP contribution in [0.5, 0.6) is 0 Å². The van der Waals surface area contributed by atoms with Crippen LogP contribution >= 0.6 is 0 Å². The summed E-state index contributed by atoms with van der Waals surface area (Å²) in [4.78, 5) is 12.4. The topological polar surface area (TPSA) is 57.8 Å². The summed E-state index contributed by atoms with van der Waals surface area (Å²) >= 11 is 0. The lowest BCUT2D eigenvalue weighted by molar-refractivity contribution is 0.102. The van der Waals surface area contributed by atoms with E-state index in [1.165, 1.54) is 17.5 Å². The molecule has 0 unspecified atom stereocenters. The van der Waals surface area contributed by atoms with Gasteiger partial charge in [0, 0.05) is 16.6 Å². The van der Waals surface area contributed by atoms with Gasteiger partial charge in [0.05, 0.1) is 11.7 Å². The standard InChI is InChI=1S/C17H15N3O/c21-17(13-5-4-11-2-1-3-12(11)8-13)19-15-7-6-14-10-18-20-16(14)9-15/h4-10H,1-3H2,(H,18,20)(H,19,21). The molecule has 0 aliphatic heterocycles. The predicted octanol–water partition coefficient (Wildman–Crippen LogP) is 3.30. The Morgan fingerprint density at radius 1 is 1.10 bits per heavy atom. The molecule has 0 fully saturated rings. The number of benzene rings is 2. The number of carbonyl (C=O) groups is 1. The van der Waals surface area contributed by atoms with Gasteiger partial charge in [0.15, 0.2) is 0 Å². The van der Waals surface area contributed by atoms with Crippen LogP contribution in [0.4, 0.5) is 5.69 Å². The van der Waals surface area contributed by atoms with Crippen LogP contribution in [0.25, 0.3) is 10.9 Å². The van der Waals surface area contributed by atoms with Crippen molar-refractivity contribution < 1.29 is 4.79 Å². The molecule has 0 spiro atoms. The minimum absolute atomic E-state index is 0.0661. The second-order valence-electron chi connectivity index (χ2n) is 5.46. The molecule has 0 bridgehead atoms. The average Bonchev–Trinajstić information content (AvgIpc) is 3.14. The number of carbonyl (C=O) groups excluding carboxylic acids is 1. The number of nitrogens with zero attached hydrogens (tertiary/aromatic N) is 1. The summed E-state index contributed by atoms with van der Waals surface area (Å²) in [6.07, 6.45) is 5.17. The highest BCUT2D eigenvalue weighted by molar-refractivity contribution is 6.05. The van der Waals surface area contributed by atoms with Crippen molar-refractivity contribution in [3.63, 3.8) is 0 Å². The fourth-order valence-electron chi connectivity index (χ4n) is 2.93. The lowest BCUT2D eigenvalue weighted by Gasteiger charge is -2.07. The normalized spacial score (nSPS) is 13.3. The number of amides is 1. The zero-order valence-corrected chi connectivity index (χ0v) is 11.5. The lowest BCUT2D eigenvalue weighted by Crippen LogP contribution is -2.12. The molecule has 2 aromatic carbocycles. The van der Waals surface area contributed by atoms with Crippen LogP contribution in [0.3, 0.4) is 0 Å². The van der Waals surface area contributed by atoms with Crippen LogP contribution in [0.1, 0.15) is 27.9 Å². The number of aromatic amines is 1. The summed E-state index contributed by atoms with van der Waals surface area (Å²) in [5.74, 6) is -0.0661. The van der Waals surface area contributed by atoms with Gasteiger partial charge in [-0.15, -0.1) is 0 Å². The minimum atomic E-state index is -0.0661. The first-order chi connectivity index (χ1) is 10.3. The molecular formula is C17H15N3O. The Labute approximate surface area is 122 Å². The van der Waals surface area contributed by atoms with Gasteiger partial charge in [-0.1, -0.05) is 6.07 Å². The smallest absolute Gasteiger partial charge is 0.255 e. The molecule has 3 aromatic rings. The molecule has 0 saturated heterocycles. The zero-order chi connectivity index (χ0) is 14.2. The number of hydrogen-bond donors (Lipinski definition) is 2. The summed E-state index contributed by atoms with van der Waals surface area (Å²) in [5, 5.41) is 10.9. The van der Waals surface area contributed by atoms with Crippen LogP contribution < -0.4 is 5.32 Å². The minimum Gasteiger partial charge on any atom is -0.322 e. The maximum absolute atomic E-state index is 12.4. The maximum Gasteiger partial charge on any atom is 0.255 e. The molecule has 1 aliphatic carbocycles. The first kappa shape index (κ1) is 12.1. The average molecular weight is 277 g/mol. The molecule has 4 nitrogen and oxygen atoms in total. The second-order valence-corrected chi connectivity index (χ2v) is 5.46. The molecular weight excluding hydrogens is 262 g/mol. The molecule has 0 radical (unpaired) electrons. The molecule has 2 N–H and O–H groups in total. The molecule has 1 heterocycles. The van der Waals surface area contributed by atoms with E-state index in [0.717, 1.165) is 35.0 Å². The summed E-state index contributed by atoms with van der Waals surface area (Å²) in [7, 11) is 0. The number of rotatable bonds is 2. The Morgan fingerprint density at radius 2 is 2.00 bits per heavy atom. The highest BCUT2D eigenvalue weighted by Gasteiger charge is 2.14. The summed E-state index contributed by atoms with van der Waals surface area (Å²) in [6.45, 7) is 0. The van der Waals surface area contributed by atoms with Gasteiger partial charge in [0.25, 0.3) is 5.91 Å². The van der Waals surface area contributed by atoms with Gasteiger partial charge < -0.3 is 5.32 Å². The number of hydrogen-bond acceptors (Lipinski definition) is 2. The molecule has 104 valence electrons. The first-order valence-corrected chi connectivity index (χ1v) is 7.16. The fraction of sp³-hybridized carbons (Fsp3) is 0.176. The number of fused-ring (bicyclic) bond motifs is 2. The van der Waals surface area contributed by atoms with Crippen LogP contribution in [0.15, 0.2) is 42.6 Å². The van der Waals surface area contributed by atoms with Crippen LogP contribution in [-0.4, -0.2) is 16.1 Å².